The van der Waals surface area contributed by atoms with Crippen LogP contribution in [0.3, 0.4) is 0 Å². The van der Waals surface area contributed by atoms with E-state index in [-0.39, 0.29) is 6.04 Å². The molecule has 5 heteroatoms. The van der Waals surface area contributed by atoms with Gasteiger partial charge in [0.2, 0.25) is 0 Å². The van der Waals surface area contributed by atoms with Gasteiger partial charge in [-0.25, -0.2) is 0 Å². The van der Waals surface area contributed by atoms with Crippen molar-refractivity contribution in [2.45, 2.75) is 19.4 Å². The summed E-state index contributed by atoms with van der Waals surface area (Å²) in [6, 6.07) is 5.51. The highest BCUT2D eigenvalue weighted by atomic mass is 35.5. The molecule has 2 nitrogen and oxygen atoms in total. The minimum absolute atomic E-state index is 0.0186. The Balaban J connectivity index is 2.28. The second-order valence-corrected chi connectivity index (χ2v) is 5.39. The van der Waals surface area contributed by atoms with Crippen molar-refractivity contribution < 1.29 is 4.42 Å². The molecule has 0 radical (unpaired) electrons. The summed E-state index contributed by atoms with van der Waals surface area (Å²) in [7, 11) is 0. The zero-order chi connectivity index (χ0) is 12.3. The van der Waals surface area contributed by atoms with Gasteiger partial charge in [-0.3, -0.25) is 0 Å². The summed E-state index contributed by atoms with van der Waals surface area (Å²) in [5, 5.41) is 6.55. The van der Waals surface area contributed by atoms with Crippen LogP contribution in [-0.2, 0) is 0 Å². The molecule has 0 aliphatic carbocycles. The van der Waals surface area contributed by atoms with Crippen molar-refractivity contribution in [3.8, 4) is 0 Å². The SMILES string of the molecule is CCCNC(c1ccc(Cl)o1)c1sccc1Cl. The highest BCUT2D eigenvalue weighted by molar-refractivity contribution is 7.10. The highest BCUT2D eigenvalue weighted by Crippen LogP contribution is 2.34. The van der Waals surface area contributed by atoms with E-state index >= 15 is 0 Å². The third-order valence-corrected chi connectivity index (χ3v) is 4.01. The molecule has 0 aliphatic heterocycles. The maximum Gasteiger partial charge on any atom is 0.193 e. The van der Waals surface area contributed by atoms with Gasteiger partial charge < -0.3 is 9.73 Å². The normalized spacial score (nSPS) is 12.9. The fourth-order valence-corrected chi connectivity index (χ4v) is 3.01. The van der Waals surface area contributed by atoms with Gasteiger partial charge in [0.1, 0.15) is 11.8 Å². The lowest BCUT2D eigenvalue weighted by molar-refractivity contribution is 0.451. The van der Waals surface area contributed by atoms with Crippen LogP contribution >= 0.6 is 34.5 Å². The molecular weight excluding hydrogens is 277 g/mol. The van der Waals surface area contributed by atoms with E-state index in [0.29, 0.717) is 5.22 Å². The van der Waals surface area contributed by atoms with Crippen LogP contribution in [-0.4, -0.2) is 6.54 Å². The molecule has 2 heterocycles. The fourth-order valence-electron chi connectivity index (χ4n) is 1.61. The zero-order valence-corrected chi connectivity index (χ0v) is 11.7. The van der Waals surface area contributed by atoms with Gasteiger partial charge in [-0.2, -0.15) is 0 Å². The van der Waals surface area contributed by atoms with Gasteiger partial charge in [0, 0.05) is 4.88 Å². The van der Waals surface area contributed by atoms with Crippen LogP contribution in [0.1, 0.15) is 30.0 Å². The number of furan rings is 1. The molecule has 2 aromatic rings. The lowest BCUT2D eigenvalue weighted by Crippen LogP contribution is -2.22. The molecule has 0 saturated carbocycles. The Morgan fingerprint density at radius 1 is 1.35 bits per heavy atom. The van der Waals surface area contributed by atoms with Crippen LogP contribution in [0, 0.1) is 0 Å². The molecule has 1 N–H and O–H groups in total. The topological polar surface area (TPSA) is 25.2 Å². The quantitative estimate of drug-likeness (QED) is 0.860. The Morgan fingerprint density at radius 3 is 2.71 bits per heavy atom. The van der Waals surface area contributed by atoms with Crippen LogP contribution in [0.25, 0.3) is 0 Å². The van der Waals surface area contributed by atoms with Gasteiger partial charge in [-0.1, -0.05) is 18.5 Å². The molecule has 0 amide bonds. The van der Waals surface area contributed by atoms with E-state index in [4.69, 9.17) is 27.6 Å². The Labute approximate surface area is 115 Å². The van der Waals surface area contributed by atoms with Crippen molar-refractivity contribution in [1.82, 2.24) is 5.32 Å². The lowest BCUT2D eigenvalue weighted by atomic mass is 10.2. The second kappa shape index (κ2) is 5.91. The van der Waals surface area contributed by atoms with Crippen molar-refractivity contribution in [3.05, 3.63) is 44.5 Å². The molecule has 92 valence electrons. The minimum atomic E-state index is -0.0186. The monoisotopic (exact) mass is 289 g/mol. The van der Waals surface area contributed by atoms with Crippen LogP contribution < -0.4 is 5.32 Å². The number of halogens is 2. The second-order valence-electron chi connectivity index (χ2n) is 3.66. The summed E-state index contributed by atoms with van der Waals surface area (Å²) >= 11 is 13.6. The molecular formula is C12H13Cl2NOS. The Morgan fingerprint density at radius 2 is 2.18 bits per heavy atom. The van der Waals surface area contributed by atoms with E-state index in [1.54, 1.807) is 17.4 Å². The Hall–Kier alpha value is -0.480. The number of rotatable bonds is 5. The van der Waals surface area contributed by atoms with Crippen molar-refractivity contribution in [2.24, 2.45) is 0 Å². The largest absolute Gasteiger partial charge is 0.448 e. The van der Waals surface area contributed by atoms with Crippen LogP contribution in [0.15, 0.2) is 28.0 Å². The lowest BCUT2D eigenvalue weighted by Gasteiger charge is -2.15. The standard InChI is InChI=1S/C12H13Cl2NOS/c1-2-6-15-11(9-3-4-10(14)16-9)12-8(13)5-7-17-12/h3-5,7,11,15H,2,6H2,1H3. The molecule has 1 unspecified atom stereocenters. The van der Waals surface area contributed by atoms with Crippen molar-refractivity contribution >= 4 is 34.5 Å². The number of thiophene rings is 1. The minimum Gasteiger partial charge on any atom is -0.448 e. The molecule has 17 heavy (non-hydrogen) atoms. The van der Waals surface area contributed by atoms with E-state index in [9.17, 15) is 0 Å². The van der Waals surface area contributed by atoms with E-state index in [1.165, 1.54) is 0 Å². The summed E-state index contributed by atoms with van der Waals surface area (Å²) < 4.78 is 5.47. The van der Waals surface area contributed by atoms with Gasteiger partial charge in [0.15, 0.2) is 5.22 Å². The molecule has 0 aliphatic rings. The smallest absolute Gasteiger partial charge is 0.193 e. The molecule has 0 aromatic carbocycles. The zero-order valence-electron chi connectivity index (χ0n) is 9.37. The molecule has 2 aromatic heterocycles. The summed E-state index contributed by atoms with van der Waals surface area (Å²) in [6.07, 6.45) is 1.05. The first kappa shape index (κ1) is 13.0. The molecule has 0 fully saturated rings. The first-order valence-corrected chi connectivity index (χ1v) is 7.07. The fraction of sp³-hybridized carbons (Fsp3) is 0.333. The van der Waals surface area contributed by atoms with Crippen molar-refractivity contribution in [3.63, 3.8) is 0 Å². The van der Waals surface area contributed by atoms with Crippen LogP contribution in [0.4, 0.5) is 0 Å². The predicted octanol–water partition coefficient (Wildman–Crippen LogP) is 4.74. The van der Waals surface area contributed by atoms with Gasteiger partial charge in [0.05, 0.1) is 5.02 Å². The van der Waals surface area contributed by atoms with Crippen LogP contribution in [0.2, 0.25) is 10.2 Å². The van der Waals surface area contributed by atoms with Gasteiger partial charge in [-0.15, -0.1) is 11.3 Å². The van der Waals surface area contributed by atoms with Crippen LogP contribution in [0.5, 0.6) is 0 Å². The first-order chi connectivity index (χ1) is 8.22. The maximum absolute atomic E-state index is 6.17. The third-order valence-electron chi connectivity index (χ3n) is 2.38. The summed E-state index contributed by atoms with van der Waals surface area (Å²) in [5.74, 6) is 0.799. The van der Waals surface area contributed by atoms with Gasteiger partial charge >= 0.3 is 0 Å². The van der Waals surface area contributed by atoms with Gasteiger partial charge in [-0.05, 0) is 48.1 Å². The summed E-state index contributed by atoms with van der Waals surface area (Å²) in [4.78, 5) is 1.06. The number of hydrogen-bond acceptors (Lipinski definition) is 3. The van der Waals surface area contributed by atoms with E-state index < -0.39 is 0 Å². The molecule has 0 bridgehead atoms. The van der Waals surface area contributed by atoms with E-state index in [0.717, 1.165) is 28.6 Å². The van der Waals surface area contributed by atoms with E-state index in [2.05, 4.69) is 12.2 Å². The molecule has 1 atom stereocenters. The van der Waals surface area contributed by atoms with Crippen molar-refractivity contribution in [2.75, 3.05) is 6.54 Å². The molecule has 2 rings (SSSR count). The van der Waals surface area contributed by atoms with Crippen molar-refractivity contribution in [1.29, 1.82) is 0 Å². The Bertz CT molecular complexity index is 480. The highest BCUT2D eigenvalue weighted by Gasteiger charge is 2.20. The molecule has 0 spiro atoms. The number of hydrogen-bond donors (Lipinski definition) is 1. The first-order valence-electron chi connectivity index (χ1n) is 5.44. The third kappa shape index (κ3) is 3.05. The summed E-state index contributed by atoms with van der Waals surface area (Å²) in [5.41, 5.74) is 0. The maximum atomic E-state index is 6.17. The molecule has 0 saturated heterocycles. The average molecular weight is 290 g/mol. The summed E-state index contributed by atoms with van der Waals surface area (Å²) in [6.45, 7) is 3.02. The Kier molecular flexibility index (Phi) is 4.51. The average Bonchev–Trinajstić information content (AvgIpc) is 2.90. The van der Waals surface area contributed by atoms with Gasteiger partial charge in [0.25, 0.3) is 0 Å². The van der Waals surface area contributed by atoms with E-state index in [1.807, 2.05) is 17.5 Å². The number of nitrogens with one attached hydrogen (secondary N) is 1. The predicted molar refractivity (Wildman–Crippen MR) is 73.2 cm³/mol.